The molecule has 0 aliphatic carbocycles. The highest BCUT2D eigenvalue weighted by Crippen LogP contribution is 2.04. The van der Waals surface area contributed by atoms with Gasteiger partial charge in [-0.3, -0.25) is 9.79 Å². The molecule has 0 aliphatic heterocycles. The third kappa shape index (κ3) is 9.23. The number of aliphatic imine (C=N–C) groups is 1. The van der Waals surface area contributed by atoms with E-state index in [1.807, 2.05) is 13.8 Å². The van der Waals surface area contributed by atoms with Crippen LogP contribution in [0.3, 0.4) is 0 Å². The first kappa shape index (κ1) is 17.2. The molecule has 4 N–H and O–H groups in total. The van der Waals surface area contributed by atoms with Crippen molar-refractivity contribution in [3.05, 3.63) is 0 Å². The smallest absolute Gasteiger partial charge is 0.220 e. The van der Waals surface area contributed by atoms with Gasteiger partial charge in [-0.05, 0) is 24.9 Å². The third-order valence-electron chi connectivity index (χ3n) is 2.52. The minimum Gasteiger partial charge on any atom is -0.370 e. The lowest BCUT2D eigenvalue weighted by Crippen LogP contribution is -2.38. The molecule has 0 heterocycles. The molecule has 0 bridgehead atoms. The Labute approximate surface area is 113 Å². The van der Waals surface area contributed by atoms with Crippen molar-refractivity contribution in [2.24, 2.45) is 16.6 Å². The largest absolute Gasteiger partial charge is 0.370 e. The van der Waals surface area contributed by atoms with E-state index in [1.54, 1.807) is 7.05 Å². The van der Waals surface area contributed by atoms with Gasteiger partial charge in [0.25, 0.3) is 0 Å². The molecule has 0 fully saturated rings. The predicted octanol–water partition coefficient (Wildman–Crippen LogP) is 0.707. The van der Waals surface area contributed by atoms with Gasteiger partial charge in [0.15, 0.2) is 5.96 Å². The maximum atomic E-state index is 11.6. The van der Waals surface area contributed by atoms with Crippen LogP contribution in [0.1, 0.15) is 33.1 Å². The molecule has 0 saturated carbocycles. The topological polar surface area (TPSA) is 79.5 Å². The summed E-state index contributed by atoms with van der Waals surface area (Å²) < 4.78 is 0. The number of carbonyl (C=O) groups excluding carboxylic acids is 1. The summed E-state index contributed by atoms with van der Waals surface area (Å²) in [6, 6.07) is 0.225. The van der Waals surface area contributed by atoms with Crippen LogP contribution in [0.5, 0.6) is 0 Å². The fourth-order valence-electron chi connectivity index (χ4n) is 1.55. The van der Waals surface area contributed by atoms with Crippen molar-refractivity contribution in [3.63, 3.8) is 0 Å². The van der Waals surface area contributed by atoms with E-state index in [4.69, 9.17) is 5.73 Å². The normalized spacial score (nSPS) is 13.5. The fraction of sp³-hybridized carbons (Fsp3) is 0.833. The Bertz CT molecular complexity index is 269. The van der Waals surface area contributed by atoms with Crippen molar-refractivity contribution in [1.29, 1.82) is 0 Å². The number of carbonyl (C=O) groups is 1. The molecule has 0 saturated heterocycles. The zero-order valence-corrected chi connectivity index (χ0v) is 12.9. The van der Waals surface area contributed by atoms with E-state index in [0.717, 1.165) is 25.5 Å². The third-order valence-corrected chi connectivity index (χ3v) is 3.09. The number of guanidine groups is 1. The monoisotopic (exact) mass is 274 g/mol. The number of rotatable bonds is 8. The van der Waals surface area contributed by atoms with Gasteiger partial charge in [0.05, 0.1) is 0 Å². The summed E-state index contributed by atoms with van der Waals surface area (Å²) in [5.74, 6) is 0.999. The average molecular weight is 274 g/mol. The van der Waals surface area contributed by atoms with E-state index in [1.165, 1.54) is 0 Å². The number of hydrogen-bond acceptors (Lipinski definition) is 2. The van der Waals surface area contributed by atoms with Gasteiger partial charge in [-0.15, -0.1) is 9.24 Å². The van der Waals surface area contributed by atoms with Crippen LogP contribution >= 0.6 is 9.24 Å². The molecule has 1 amide bonds. The molecule has 2 unspecified atom stereocenters. The second-order valence-corrected chi connectivity index (χ2v) is 5.25. The highest BCUT2D eigenvalue weighted by molar-refractivity contribution is 7.16. The zero-order chi connectivity index (χ0) is 14.0. The molecule has 0 spiro atoms. The van der Waals surface area contributed by atoms with E-state index >= 15 is 0 Å². The van der Waals surface area contributed by atoms with Crippen LogP contribution < -0.4 is 16.4 Å². The molecule has 0 aromatic carbocycles. The van der Waals surface area contributed by atoms with E-state index in [9.17, 15) is 4.79 Å². The quantitative estimate of drug-likeness (QED) is 0.264. The number of amides is 1. The molecule has 5 nitrogen and oxygen atoms in total. The van der Waals surface area contributed by atoms with Crippen LogP contribution in [0.2, 0.25) is 0 Å². The lowest BCUT2D eigenvalue weighted by Gasteiger charge is -2.17. The van der Waals surface area contributed by atoms with Crippen molar-refractivity contribution in [1.82, 2.24) is 10.6 Å². The van der Waals surface area contributed by atoms with Crippen LogP contribution in [0.15, 0.2) is 4.99 Å². The highest BCUT2D eigenvalue weighted by Gasteiger charge is 2.11. The van der Waals surface area contributed by atoms with Gasteiger partial charge in [-0.25, -0.2) is 0 Å². The van der Waals surface area contributed by atoms with Gasteiger partial charge in [-0.2, -0.15) is 0 Å². The van der Waals surface area contributed by atoms with Gasteiger partial charge in [-0.1, -0.05) is 13.8 Å². The van der Waals surface area contributed by atoms with Crippen molar-refractivity contribution < 1.29 is 4.79 Å². The Morgan fingerprint density at radius 1 is 1.44 bits per heavy atom. The first-order chi connectivity index (χ1) is 8.49. The number of nitrogens with two attached hydrogens (primary N) is 1. The van der Waals surface area contributed by atoms with Gasteiger partial charge in [0, 0.05) is 26.1 Å². The molecule has 18 heavy (non-hydrogen) atoms. The SMILES string of the molecule is CN=C(N)NCCCC(CP)NC(=O)CC(C)C. The van der Waals surface area contributed by atoms with Gasteiger partial charge >= 0.3 is 0 Å². The molecule has 0 aromatic heterocycles. The fourth-order valence-corrected chi connectivity index (χ4v) is 1.90. The Kier molecular flexibility index (Phi) is 9.66. The molecule has 2 atom stereocenters. The molecular weight excluding hydrogens is 247 g/mol. The zero-order valence-electron chi connectivity index (χ0n) is 11.7. The van der Waals surface area contributed by atoms with Crippen molar-refractivity contribution in [3.8, 4) is 0 Å². The second-order valence-electron chi connectivity index (χ2n) is 4.78. The van der Waals surface area contributed by atoms with E-state index in [-0.39, 0.29) is 11.9 Å². The Morgan fingerprint density at radius 2 is 2.11 bits per heavy atom. The number of nitrogens with zero attached hydrogens (tertiary/aromatic N) is 1. The Morgan fingerprint density at radius 3 is 2.61 bits per heavy atom. The molecule has 0 radical (unpaired) electrons. The summed E-state index contributed by atoms with van der Waals surface area (Å²) in [4.78, 5) is 15.5. The minimum absolute atomic E-state index is 0.139. The second kappa shape index (κ2) is 10.1. The first-order valence-electron chi connectivity index (χ1n) is 6.45. The molecule has 106 valence electrons. The minimum atomic E-state index is 0.139. The molecule has 0 aliphatic rings. The van der Waals surface area contributed by atoms with Crippen LogP contribution in [-0.4, -0.2) is 37.7 Å². The van der Waals surface area contributed by atoms with Gasteiger partial charge < -0.3 is 16.4 Å². The Hall–Kier alpha value is -0.830. The molecule has 0 aromatic rings. The number of nitrogens with one attached hydrogen (secondary N) is 2. The van der Waals surface area contributed by atoms with E-state index in [2.05, 4.69) is 24.9 Å². The first-order valence-corrected chi connectivity index (χ1v) is 7.26. The molecule has 0 rings (SSSR count). The Balaban J connectivity index is 3.80. The van der Waals surface area contributed by atoms with Crippen LogP contribution in [0.25, 0.3) is 0 Å². The molecular formula is C12H27N4OP. The van der Waals surface area contributed by atoms with Crippen LogP contribution in [0.4, 0.5) is 0 Å². The summed E-state index contributed by atoms with van der Waals surface area (Å²) in [5.41, 5.74) is 5.52. The van der Waals surface area contributed by atoms with E-state index < -0.39 is 0 Å². The summed E-state index contributed by atoms with van der Waals surface area (Å²) in [5, 5.41) is 6.06. The van der Waals surface area contributed by atoms with Crippen LogP contribution in [0, 0.1) is 5.92 Å². The van der Waals surface area contributed by atoms with Crippen molar-refractivity contribution in [2.45, 2.75) is 39.2 Å². The molecule has 6 heteroatoms. The van der Waals surface area contributed by atoms with Crippen molar-refractivity contribution >= 4 is 21.1 Å². The maximum absolute atomic E-state index is 11.6. The average Bonchev–Trinajstić information content (AvgIpc) is 2.31. The maximum Gasteiger partial charge on any atom is 0.220 e. The lowest BCUT2D eigenvalue weighted by atomic mass is 10.1. The van der Waals surface area contributed by atoms with Crippen molar-refractivity contribution in [2.75, 3.05) is 19.8 Å². The summed E-state index contributed by atoms with van der Waals surface area (Å²) in [7, 11) is 4.34. The predicted molar refractivity (Wildman–Crippen MR) is 80.7 cm³/mol. The standard InChI is InChI=1S/C12H27N4OP/c1-9(2)7-11(17)16-10(8-18)5-4-6-15-12(13)14-3/h9-10H,4-8,18H2,1-3H3,(H,16,17)(H3,13,14,15). The highest BCUT2D eigenvalue weighted by atomic mass is 31.0. The summed E-state index contributed by atoms with van der Waals surface area (Å²) in [6.07, 6.45) is 3.37. The van der Waals surface area contributed by atoms with Gasteiger partial charge in [0.2, 0.25) is 5.91 Å². The lowest BCUT2D eigenvalue weighted by molar-refractivity contribution is -0.122. The van der Waals surface area contributed by atoms with Crippen LogP contribution in [-0.2, 0) is 4.79 Å². The van der Waals surface area contributed by atoms with Gasteiger partial charge in [0.1, 0.15) is 0 Å². The number of hydrogen-bond donors (Lipinski definition) is 3. The van der Waals surface area contributed by atoms with E-state index in [0.29, 0.717) is 18.3 Å². The summed E-state index contributed by atoms with van der Waals surface area (Å²) >= 11 is 0. The summed E-state index contributed by atoms with van der Waals surface area (Å²) in [6.45, 7) is 4.88.